The zero-order valence-electron chi connectivity index (χ0n) is 19.2. The number of benzene rings is 2. The highest BCUT2D eigenvalue weighted by Gasteiger charge is 2.40. The van der Waals surface area contributed by atoms with Crippen LogP contribution >= 0.6 is 11.6 Å². The van der Waals surface area contributed by atoms with Crippen molar-refractivity contribution in [1.29, 1.82) is 0 Å². The molecule has 1 aliphatic rings. The van der Waals surface area contributed by atoms with Gasteiger partial charge >= 0.3 is 0 Å². The van der Waals surface area contributed by atoms with Crippen LogP contribution in [0.5, 0.6) is 0 Å². The third kappa shape index (κ3) is 4.94. The monoisotopic (exact) mass is 465 g/mol. The van der Waals surface area contributed by atoms with E-state index < -0.39 is 0 Å². The fourth-order valence-electron chi connectivity index (χ4n) is 4.62. The van der Waals surface area contributed by atoms with Gasteiger partial charge in [-0.25, -0.2) is 4.98 Å². The number of aromatic nitrogens is 2. The molecular weight excluding hydrogens is 438 g/mol. The molecule has 2 N–H and O–H groups in total. The minimum atomic E-state index is -0.125. The summed E-state index contributed by atoms with van der Waals surface area (Å²) in [5.41, 5.74) is 11.7. The van der Waals surface area contributed by atoms with Crippen LogP contribution in [0.4, 0.5) is 0 Å². The molecule has 0 bridgehead atoms. The lowest BCUT2D eigenvalue weighted by Crippen LogP contribution is -2.42. The summed E-state index contributed by atoms with van der Waals surface area (Å²) in [5, 5.41) is 1.92. The van der Waals surface area contributed by atoms with E-state index >= 15 is 0 Å². The predicted molar refractivity (Wildman–Crippen MR) is 142 cm³/mol. The molecule has 2 heterocycles. The van der Waals surface area contributed by atoms with Gasteiger partial charge in [-0.1, -0.05) is 41.8 Å². The lowest BCUT2D eigenvalue weighted by atomic mass is 9.87. The van der Waals surface area contributed by atoms with Gasteiger partial charge < -0.3 is 10.3 Å². The van der Waals surface area contributed by atoms with Crippen LogP contribution in [-0.4, -0.2) is 15.1 Å². The van der Waals surface area contributed by atoms with Gasteiger partial charge in [-0.05, 0) is 85.5 Å². The van der Waals surface area contributed by atoms with Crippen LogP contribution in [0.25, 0.3) is 22.0 Å². The first-order chi connectivity index (χ1) is 16.5. The molecule has 34 heavy (non-hydrogen) atoms. The predicted octanol–water partition coefficient (Wildman–Crippen LogP) is 6.83. The average Bonchev–Trinajstić information content (AvgIpc) is 3.64. The molecule has 3 nitrogen and oxygen atoms in total. The molecule has 0 spiro atoms. The summed E-state index contributed by atoms with van der Waals surface area (Å²) in [6.07, 6.45) is 10.3. The Bertz CT molecular complexity index is 1370. The van der Waals surface area contributed by atoms with Gasteiger partial charge in [0.15, 0.2) is 0 Å². The SMILES string of the molecule is C=CCC(N)(CCn1ccc2cc(C#Cc3ccc(-c4ccc(Cl)cc4)cn3)ccc21)C1CC1. The molecule has 1 aliphatic carbocycles. The third-order valence-electron chi connectivity index (χ3n) is 6.78. The molecule has 170 valence electrons. The number of hydrogen-bond donors (Lipinski definition) is 1. The summed E-state index contributed by atoms with van der Waals surface area (Å²) in [7, 11) is 0. The van der Waals surface area contributed by atoms with Gasteiger partial charge in [0, 0.05) is 51.5 Å². The molecule has 4 heteroatoms. The molecule has 1 saturated carbocycles. The van der Waals surface area contributed by atoms with Crippen LogP contribution in [0.3, 0.4) is 0 Å². The Balaban J connectivity index is 1.28. The number of nitrogens with zero attached hydrogens (tertiary/aromatic N) is 2. The highest BCUT2D eigenvalue weighted by Crippen LogP contribution is 2.42. The maximum atomic E-state index is 6.73. The first-order valence-electron chi connectivity index (χ1n) is 11.8. The van der Waals surface area contributed by atoms with Crippen LogP contribution in [0.15, 0.2) is 85.7 Å². The van der Waals surface area contributed by atoms with E-state index in [0.29, 0.717) is 5.92 Å². The first-order valence-corrected chi connectivity index (χ1v) is 12.1. The van der Waals surface area contributed by atoms with E-state index in [1.165, 1.54) is 23.7 Å². The van der Waals surface area contributed by atoms with E-state index in [2.05, 4.69) is 58.4 Å². The lowest BCUT2D eigenvalue weighted by Gasteiger charge is -2.29. The molecule has 1 fully saturated rings. The van der Waals surface area contributed by atoms with Crippen molar-refractivity contribution in [2.75, 3.05) is 0 Å². The van der Waals surface area contributed by atoms with E-state index in [4.69, 9.17) is 17.3 Å². The van der Waals surface area contributed by atoms with E-state index in [9.17, 15) is 0 Å². The van der Waals surface area contributed by atoms with Crippen molar-refractivity contribution in [1.82, 2.24) is 9.55 Å². The van der Waals surface area contributed by atoms with Crippen molar-refractivity contribution < 1.29 is 0 Å². The van der Waals surface area contributed by atoms with Gasteiger partial charge in [-0.3, -0.25) is 0 Å². The van der Waals surface area contributed by atoms with Crippen LogP contribution in [0, 0.1) is 17.8 Å². The largest absolute Gasteiger partial charge is 0.347 e. The molecule has 4 aromatic rings. The Hall–Kier alpha value is -3.32. The van der Waals surface area contributed by atoms with Gasteiger partial charge in [0.05, 0.1) is 0 Å². The Morgan fingerprint density at radius 3 is 2.56 bits per heavy atom. The second-order valence-electron chi connectivity index (χ2n) is 9.22. The minimum absolute atomic E-state index is 0.125. The third-order valence-corrected chi connectivity index (χ3v) is 7.03. The smallest absolute Gasteiger partial charge is 0.113 e. The van der Waals surface area contributed by atoms with E-state index in [-0.39, 0.29) is 5.54 Å². The summed E-state index contributed by atoms with van der Waals surface area (Å²) >= 11 is 5.98. The highest BCUT2D eigenvalue weighted by atomic mass is 35.5. The number of fused-ring (bicyclic) bond motifs is 1. The summed E-state index contributed by atoms with van der Waals surface area (Å²) in [6, 6.07) is 20.3. The second-order valence-corrected chi connectivity index (χ2v) is 9.66. The van der Waals surface area contributed by atoms with Gasteiger partial charge in [-0.15, -0.1) is 6.58 Å². The van der Waals surface area contributed by atoms with Gasteiger partial charge in [0.1, 0.15) is 5.69 Å². The lowest BCUT2D eigenvalue weighted by molar-refractivity contribution is 0.329. The molecule has 1 unspecified atom stereocenters. The van der Waals surface area contributed by atoms with Crippen LogP contribution < -0.4 is 5.73 Å². The first kappa shape index (κ1) is 22.5. The molecular formula is C30H28ClN3. The molecule has 2 aromatic heterocycles. The maximum absolute atomic E-state index is 6.73. The average molecular weight is 466 g/mol. The number of nitrogens with two attached hydrogens (primary N) is 1. The summed E-state index contributed by atoms with van der Waals surface area (Å²) in [6.45, 7) is 4.83. The van der Waals surface area contributed by atoms with Crippen molar-refractivity contribution in [3.05, 3.63) is 102 Å². The molecule has 0 aliphatic heterocycles. The Morgan fingerprint density at radius 2 is 1.85 bits per heavy atom. The Morgan fingerprint density at radius 1 is 1.06 bits per heavy atom. The Kier molecular flexibility index (Phi) is 6.28. The minimum Gasteiger partial charge on any atom is -0.347 e. The molecule has 1 atom stereocenters. The van der Waals surface area contributed by atoms with Crippen LogP contribution in [0.1, 0.15) is 36.9 Å². The van der Waals surface area contributed by atoms with Gasteiger partial charge in [0.25, 0.3) is 0 Å². The standard InChI is InChI=1S/C30H28ClN3/c1-2-16-30(32,26-8-9-26)17-19-34-18-15-24-20-22(4-14-29(24)34)3-12-28-13-7-25(21-33-28)23-5-10-27(31)11-6-23/h2,4-7,10-11,13-15,18,20-21,26H,1,8-9,16-17,19,32H2. The summed E-state index contributed by atoms with van der Waals surface area (Å²) in [4.78, 5) is 4.51. The normalized spacial score (nSPS) is 14.9. The summed E-state index contributed by atoms with van der Waals surface area (Å²) in [5.74, 6) is 7.08. The van der Waals surface area contributed by atoms with Gasteiger partial charge in [0.2, 0.25) is 0 Å². The summed E-state index contributed by atoms with van der Waals surface area (Å²) < 4.78 is 2.30. The van der Waals surface area contributed by atoms with Crippen molar-refractivity contribution in [3.8, 4) is 23.0 Å². The van der Waals surface area contributed by atoms with E-state index in [1.807, 2.05) is 48.7 Å². The number of hydrogen-bond acceptors (Lipinski definition) is 2. The Labute approximate surface area is 206 Å². The number of aryl methyl sites for hydroxylation is 1. The van der Waals surface area contributed by atoms with Crippen LogP contribution in [-0.2, 0) is 6.54 Å². The van der Waals surface area contributed by atoms with E-state index in [1.54, 1.807) is 0 Å². The van der Waals surface area contributed by atoms with Crippen LogP contribution in [0.2, 0.25) is 5.02 Å². The highest BCUT2D eigenvalue weighted by molar-refractivity contribution is 6.30. The maximum Gasteiger partial charge on any atom is 0.113 e. The fourth-order valence-corrected chi connectivity index (χ4v) is 4.74. The van der Waals surface area contributed by atoms with E-state index in [0.717, 1.165) is 46.8 Å². The van der Waals surface area contributed by atoms with Crippen molar-refractivity contribution in [2.24, 2.45) is 11.7 Å². The van der Waals surface area contributed by atoms with Crippen molar-refractivity contribution >= 4 is 22.5 Å². The van der Waals surface area contributed by atoms with Crippen molar-refractivity contribution in [2.45, 2.75) is 37.8 Å². The number of pyridine rings is 1. The van der Waals surface area contributed by atoms with Gasteiger partial charge in [-0.2, -0.15) is 0 Å². The topological polar surface area (TPSA) is 43.8 Å². The molecule has 0 radical (unpaired) electrons. The van der Waals surface area contributed by atoms with Crippen molar-refractivity contribution in [3.63, 3.8) is 0 Å². The molecule has 5 rings (SSSR count). The number of halogens is 1. The second kappa shape index (κ2) is 9.50. The number of rotatable bonds is 7. The zero-order valence-corrected chi connectivity index (χ0v) is 19.9. The molecule has 0 amide bonds. The fraction of sp³-hybridized carbons (Fsp3) is 0.233. The quantitative estimate of drug-likeness (QED) is 0.240. The molecule has 0 saturated heterocycles. The zero-order chi connectivity index (χ0) is 23.5. The molecule has 2 aromatic carbocycles.